The minimum atomic E-state index is -4.31. The van der Waals surface area contributed by atoms with Crippen LogP contribution in [0.15, 0.2) is 50.7 Å². The third-order valence-electron chi connectivity index (χ3n) is 2.74. The highest BCUT2D eigenvalue weighted by molar-refractivity contribution is 9.10. The standard InChI is InChI=1S/C13H7BrF3NS/c14-8-2-4-10-12(6-8)19-11-5-7(13(15,16)17)1-3-9(11)18-10/h1-6,18H. The summed E-state index contributed by atoms with van der Waals surface area (Å²) in [6, 6.07) is 9.41. The first-order valence-electron chi connectivity index (χ1n) is 5.39. The Balaban J connectivity index is 2.03. The highest BCUT2D eigenvalue weighted by Gasteiger charge is 2.31. The summed E-state index contributed by atoms with van der Waals surface area (Å²) in [6.45, 7) is 0. The average Bonchev–Trinajstić information content (AvgIpc) is 2.34. The van der Waals surface area contributed by atoms with Gasteiger partial charge in [-0.25, -0.2) is 0 Å². The van der Waals surface area contributed by atoms with Crippen molar-refractivity contribution in [3.63, 3.8) is 0 Å². The van der Waals surface area contributed by atoms with E-state index in [9.17, 15) is 13.2 Å². The van der Waals surface area contributed by atoms with Crippen LogP contribution >= 0.6 is 27.7 Å². The molecule has 0 radical (unpaired) electrons. The van der Waals surface area contributed by atoms with Crippen molar-refractivity contribution in [3.05, 3.63) is 46.4 Å². The largest absolute Gasteiger partial charge is 0.416 e. The Hall–Kier alpha value is -1.14. The highest BCUT2D eigenvalue weighted by Crippen LogP contribution is 2.46. The van der Waals surface area contributed by atoms with E-state index in [1.165, 1.54) is 23.9 Å². The molecule has 0 saturated carbocycles. The number of nitrogens with one attached hydrogen (secondary N) is 1. The molecule has 1 nitrogen and oxygen atoms in total. The lowest BCUT2D eigenvalue weighted by molar-refractivity contribution is -0.137. The topological polar surface area (TPSA) is 12.0 Å². The summed E-state index contributed by atoms with van der Waals surface area (Å²) in [7, 11) is 0. The number of rotatable bonds is 0. The maximum atomic E-state index is 12.7. The molecule has 19 heavy (non-hydrogen) atoms. The number of halogens is 4. The molecule has 0 bridgehead atoms. The number of hydrogen-bond donors (Lipinski definition) is 1. The number of alkyl halides is 3. The van der Waals surface area contributed by atoms with Crippen molar-refractivity contribution in [2.75, 3.05) is 5.32 Å². The Morgan fingerprint density at radius 1 is 0.947 bits per heavy atom. The zero-order valence-corrected chi connectivity index (χ0v) is 11.8. The van der Waals surface area contributed by atoms with Gasteiger partial charge in [0.15, 0.2) is 0 Å². The summed E-state index contributed by atoms with van der Waals surface area (Å²) in [5, 5.41) is 3.14. The van der Waals surface area contributed by atoms with Crippen molar-refractivity contribution in [1.29, 1.82) is 0 Å². The first kappa shape index (κ1) is 12.9. The Labute approximate surface area is 120 Å². The van der Waals surface area contributed by atoms with Gasteiger partial charge in [0.05, 0.1) is 16.9 Å². The molecule has 3 rings (SSSR count). The van der Waals surface area contributed by atoms with E-state index in [0.29, 0.717) is 10.6 Å². The minimum Gasteiger partial charge on any atom is -0.354 e. The molecular formula is C13H7BrF3NS. The maximum absolute atomic E-state index is 12.7. The summed E-state index contributed by atoms with van der Waals surface area (Å²) in [6.07, 6.45) is -4.31. The van der Waals surface area contributed by atoms with Crippen LogP contribution in [-0.4, -0.2) is 0 Å². The number of fused-ring (bicyclic) bond motifs is 2. The molecule has 98 valence electrons. The molecule has 0 aromatic heterocycles. The molecule has 2 aromatic carbocycles. The van der Waals surface area contributed by atoms with Gasteiger partial charge in [0.25, 0.3) is 0 Å². The molecular weight excluding hydrogens is 339 g/mol. The third-order valence-corrected chi connectivity index (χ3v) is 4.35. The Kier molecular flexibility index (Phi) is 3.02. The van der Waals surface area contributed by atoms with Gasteiger partial charge in [0.1, 0.15) is 0 Å². The first-order valence-corrected chi connectivity index (χ1v) is 7.00. The van der Waals surface area contributed by atoms with Gasteiger partial charge in [-0.05, 0) is 36.4 Å². The molecule has 2 aromatic rings. The van der Waals surface area contributed by atoms with E-state index >= 15 is 0 Å². The van der Waals surface area contributed by atoms with Crippen molar-refractivity contribution < 1.29 is 13.2 Å². The second-order valence-corrected chi connectivity index (χ2v) is 6.08. The van der Waals surface area contributed by atoms with E-state index < -0.39 is 11.7 Å². The number of anilines is 2. The van der Waals surface area contributed by atoms with Crippen molar-refractivity contribution in [1.82, 2.24) is 0 Å². The summed E-state index contributed by atoms with van der Waals surface area (Å²) >= 11 is 4.69. The molecule has 0 atom stereocenters. The first-order chi connectivity index (χ1) is 8.93. The van der Waals surface area contributed by atoms with E-state index in [1.54, 1.807) is 0 Å². The molecule has 1 aliphatic heterocycles. The van der Waals surface area contributed by atoms with Crippen LogP contribution in [0.2, 0.25) is 0 Å². The van der Waals surface area contributed by atoms with Crippen molar-refractivity contribution in [2.24, 2.45) is 0 Å². The van der Waals surface area contributed by atoms with Crippen LogP contribution in [0.4, 0.5) is 24.5 Å². The fraction of sp³-hybridized carbons (Fsp3) is 0.0769. The fourth-order valence-electron chi connectivity index (χ4n) is 1.83. The molecule has 0 spiro atoms. The fourth-order valence-corrected chi connectivity index (χ4v) is 3.41. The summed E-state index contributed by atoms with van der Waals surface area (Å²) in [4.78, 5) is 1.49. The smallest absolute Gasteiger partial charge is 0.354 e. The van der Waals surface area contributed by atoms with Gasteiger partial charge in [-0.15, -0.1) is 0 Å². The molecule has 0 saturated heterocycles. The number of hydrogen-bond acceptors (Lipinski definition) is 2. The van der Waals surface area contributed by atoms with E-state index in [2.05, 4.69) is 21.2 Å². The van der Waals surface area contributed by atoms with Crippen LogP contribution in [0.5, 0.6) is 0 Å². The van der Waals surface area contributed by atoms with E-state index in [-0.39, 0.29) is 0 Å². The normalized spacial score (nSPS) is 13.5. The molecule has 0 aliphatic carbocycles. The van der Waals surface area contributed by atoms with Crippen molar-refractivity contribution in [3.8, 4) is 0 Å². The lowest BCUT2D eigenvalue weighted by atomic mass is 10.2. The second-order valence-electron chi connectivity index (χ2n) is 4.08. The molecule has 1 aliphatic rings. The van der Waals surface area contributed by atoms with Crippen LogP contribution in [0.25, 0.3) is 0 Å². The van der Waals surface area contributed by atoms with Crippen LogP contribution in [0, 0.1) is 0 Å². The zero-order valence-electron chi connectivity index (χ0n) is 9.38. The van der Waals surface area contributed by atoms with Gasteiger partial charge < -0.3 is 5.32 Å². The van der Waals surface area contributed by atoms with E-state index in [4.69, 9.17) is 0 Å². The summed E-state index contributed by atoms with van der Waals surface area (Å²) in [5.74, 6) is 0. The SMILES string of the molecule is FC(F)(F)c1ccc2c(c1)Sc1cc(Br)ccc1N2. The third kappa shape index (κ3) is 2.47. The van der Waals surface area contributed by atoms with Gasteiger partial charge >= 0.3 is 6.18 Å². The highest BCUT2D eigenvalue weighted by atomic mass is 79.9. The second kappa shape index (κ2) is 4.45. The molecule has 0 unspecified atom stereocenters. The van der Waals surface area contributed by atoms with Crippen LogP contribution in [0.3, 0.4) is 0 Å². The Morgan fingerprint density at radius 2 is 1.58 bits per heavy atom. The molecule has 1 heterocycles. The predicted octanol–water partition coefficient (Wildman–Crippen LogP) is 5.68. The van der Waals surface area contributed by atoms with E-state index in [1.807, 2.05) is 18.2 Å². The maximum Gasteiger partial charge on any atom is 0.416 e. The van der Waals surface area contributed by atoms with Gasteiger partial charge in [0, 0.05) is 14.3 Å². The van der Waals surface area contributed by atoms with Crippen LogP contribution in [-0.2, 0) is 6.18 Å². The molecule has 1 N–H and O–H groups in total. The zero-order chi connectivity index (χ0) is 13.6. The van der Waals surface area contributed by atoms with Gasteiger partial charge in [-0.3, -0.25) is 0 Å². The van der Waals surface area contributed by atoms with Crippen molar-refractivity contribution in [2.45, 2.75) is 16.0 Å². The average molecular weight is 346 g/mol. The monoisotopic (exact) mass is 345 g/mol. The Bertz CT molecular complexity index is 655. The lowest BCUT2D eigenvalue weighted by Crippen LogP contribution is -2.07. The van der Waals surface area contributed by atoms with E-state index in [0.717, 1.165) is 21.1 Å². The van der Waals surface area contributed by atoms with Crippen LogP contribution in [0.1, 0.15) is 5.56 Å². The van der Waals surface area contributed by atoms with Crippen molar-refractivity contribution >= 4 is 39.1 Å². The predicted molar refractivity (Wildman–Crippen MR) is 73.0 cm³/mol. The number of benzene rings is 2. The minimum absolute atomic E-state index is 0.584. The van der Waals surface area contributed by atoms with Gasteiger partial charge in [-0.1, -0.05) is 27.7 Å². The molecule has 6 heteroatoms. The van der Waals surface area contributed by atoms with Gasteiger partial charge in [0.2, 0.25) is 0 Å². The summed E-state index contributed by atoms with van der Waals surface area (Å²) < 4.78 is 38.9. The summed E-state index contributed by atoms with van der Waals surface area (Å²) in [5.41, 5.74) is 0.979. The lowest BCUT2D eigenvalue weighted by Gasteiger charge is -2.22. The Morgan fingerprint density at radius 3 is 2.26 bits per heavy atom. The molecule has 0 amide bonds. The van der Waals surface area contributed by atoms with Gasteiger partial charge in [-0.2, -0.15) is 13.2 Å². The van der Waals surface area contributed by atoms with Crippen LogP contribution < -0.4 is 5.32 Å². The molecule has 0 fully saturated rings. The quantitative estimate of drug-likeness (QED) is 0.562.